The number of nitrogens with one attached hydrogen (secondary N) is 1. The van der Waals surface area contributed by atoms with Crippen LogP contribution in [0.15, 0.2) is 30.5 Å². The van der Waals surface area contributed by atoms with Crippen molar-refractivity contribution in [1.29, 1.82) is 0 Å². The fourth-order valence-electron chi connectivity index (χ4n) is 3.09. The second kappa shape index (κ2) is 5.20. The number of hydrogen-bond acceptors (Lipinski definition) is 3. The van der Waals surface area contributed by atoms with Crippen molar-refractivity contribution in [3.05, 3.63) is 36.0 Å². The summed E-state index contributed by atoms with van der Waals surface area (Å²) < 4.78 is 0. The number of para-hydroxylation sites is 1. The smallest absolute Gasteiger partial charge is 0.0701 e. The summed E-state index contributed by atoms with van der Waals surface area (Å²) in [5.74, 6) is 0. The molecule has 4 nitrogen and oxygen atoms in total. The average Bonchev–Trinajstić information content (AvgIpc) is 2.82. The van der Waals surface area contributed by atoms with Crippen molar-refractivity contribution in [3.8, 4) is 0 Å². The molecule has 3 rings (SSSR count). The summed E-state index contributed by atoms with van der Waals surface area (Å²) in [7, 11) is 2.17. The Labute approximate surface area is 120 Å². The molecule has 1 saturated heterocycles. The molecule has 4 heteroatoms. The van der Waals surface area contributed by atoms with Crippen molar-refractivity contribution in [2.75, 3.05) is 33.2 Å². The van der Waals surface area contributed by atoms with Gasteiger partial charge >= 0.3 is 0 Å². The summed E-state index contributed by atoms with van der Waals surface area (Å²) in [6.07, 6.45) is 2.98. The van der Waals surface area contributed by atoms with Crippen LogP contribution in [0.25, 0.3) is 10.9 Å². The number of H-pyrrole nitrogens is 1. The first-order valence-electron chi connectivity index (χ1n) is 7.34. The third-order valence-corrected chi connectivity index (χ3v) is 4.45. The molecule has 1 unspecified atom stereocenters. The van der Waals surface area contributed by atoms with E-state index in [-0.39, 0.29) is 5.66 Å². The molecule has 2 heterocycles. The molecule has 108 valence electrons. The molecule has 2 aromatic rings. The summed E-state index contributed by atoms with van der Waals surface area (Å²) in [5.41, 5.74) is 8.83. The van der Waals surface area contributed by atoms with Crippen LogP contribution in [0.4, 0.5) is 0 Å². The van der Waals surface area contributed by atoms with E-state index in [4.69, 9.17) is 5.73 Å². The van der Waals surface area contributed by atoms with Gasteiger partial charge < -0.3 is 15.6 Å². The standard InChI is InChI=1S/C16H24N4/c1-16(17,20-9-7-19(2)8-10-20)11-13-12-18-15-6-4-3-5-14(13)15/h3-6,12,18H,7-11,17H2,1-2H3. The van der Waals surface area contributed by atoms with Gasteiger partial charge in [0.1, 0.15) is 0 Å². The van der Waals surface area contributed by atoms with Crippen LogP contribution in [0.2, 0.25) is 0 Å². The molecule has 0 aliphatic carbocycles. The minimum atomic E-state index is -0.285. The molecule has 0 spiro atoms. The maximum atomic E-state index is 6.61. The molecule has 3 N–H and O–H groups in total. The van der Waals surface area contributed by atoms with E-state index in [0.717, 1.165) is 32.6 Å². The van der Waals surface area contributed by atoms with Gasteiger partial charge in [0.25, 0.3) is 0 Å². The normalized spacial score (nSPS) is 21.1. The summed E-state index contributed by atoms with van der Waals surface area (Å²) >= 11 is 0. The van der Waals surface area contributed by atoms with Gasteiger partial charge in [-0.3, -0.25) is 4.90 Å². The highest BCUT2D eigenvalue weighted by molar-refractivity contribution is 5.83. The van der Waals surface area contributed by atoms with Crippen molar-refractivity contribution >= 4 is 10.9 Å². The highest BCUT2D eigenvalue weighted by Gasteiger charge is 2.30. The van der Waals surface area contributed by atoms with Gasteiger partial charge in [0.15, 0.2) is 0 Å². The van der Waals surface area contributed by atoms with Crippen LogP contribution in [0.5, 0.6) is 0 Å². The number of aromatic nitrogens is 1. The van der Waals surface area contributed by atoms with Crippen LogP contribution in [-0.4, -0.2) is 53.7 Å². The van der Waals surface area contributed by atoms with Gasteiger partial charge in [0.2, 0.25) is 0 Å². The predicted octanol–water partition coefficient (Wildman–Crippen LogP) is 1.63. The lowest BCUT2D eigenvalue weighted by molar-refractivity contribution is 0.0548. The molecular weight excluding hydrogens is 248 g/mol. The van der Waals surface area contributed by atoms with E-state index in [9.17, 15) is 0 Å². The minimum absolute atomic E-state index is 0.285. The largest absolute Gasteiger partial charge is 0.361 e. The zero-order valence-electron chi connectivity index (χ0n) is 12.4. The quantitative estimate of drug-likeness (QED) is 0.893. The van der Waals surface area contributed by atoms with Crippen LogP contribution < -0.4 is 5.73 Å². The number of fused-ring (bicyclic) bond motifs is 1. The first-order chi connectivity index (χ1) is 9.56. The monoisotopic (exact) mass is 272 g/mol. The van der Waals surface area contributed by atoms with Gasteiger partial charge in [-0.15, -0.1) is 0 Å². The third-order valence-electron chi connectivity index (χ3n) is 4.45. The Kier molecular flexibility index (Phi) is 3.54. The zero-order valence-corrected chi connectivity index (χ0v) is 12.4. The minimum Gasteiger partial charge on any atom is -0.361 e. The third kappa shape index (κ3) is 2.59. The van der Waals surface area contributed by atoms with Crippen molar-refractivity contribution < 1.29 is 0 Å². The van der Waals surface area contributed by atoms with E-state index in [1.54, 1.807) is 0 Å². The molecule has 0 saturated carbocycles. The first-order valence-corrected chi connectivity index (χ1v) is 7.34. The Hall–Kier alpha value is -1.36. The second-order valence-corrected chi connectivity index (χ2v) is 6.18. The van der Waals surface area contributed by atoms with Crippen LogP contribution in [0.1, 0.15) is 12.5 Å². The molecule has 1 aromatic heterocycles. The maximum Gasteiger partial charge on any atom is 0.0701 e. The highest BCUT2D eigenvalue weighted by atomic mass is 15.3. The Bertz CT molecular complexity index is 579. The molecule has 1 aliphatic rings. The number of hydrogen-bond donors (Lipinski definition) is 2. The number of likely N-dealkylation sites (N-methyl/N-ethyl adjacent to an activating group) is 1. The highest BCUT2D eigenvalue weighted by Crippen LogP contribution is 2.23. The lowest BCUT2D eigenvalue weighted by Crippen LogP contribution is -2.60. The summed E-state index contributed by atoms with van der Waals surface area (Å²) in [5, 5.41) is 1.29. The molecule has 1 fully saturated rings. The number of piperazine rings is 1. The Morgan fingerprint density at radius 3 is 2.65 bits per heavy atom. The first kappa shape index (κ1) is 13.6. The molecule has 1 aliphatic heterocycles. The van der Waals surface area contributed by atoms with Crippen LogP contribution in [-0.2, 0) is 6.42 Å². The van der Waals surface area contributed by atoms with Gasteiger partial charge in [-0.25, -0.2) is 0 Å². The van der Waals surface area contributed by atoms with Gasteiger partial charge in [-0.05, 0) is 25.6 Å². The van der Waals surface area contributed by atoms with Crippen molar-refractivity contribution in [2.24, 2.45) is 5.73 Å². The summed E-state index contributed by atoms with van der Waals surface area (Å²) in [6.45, 7) is 6.44. The SMILES string of the molecule is CN1CCN(C(C)(N)Cc2c[nH]c3ccccc23)CC1. The topological polar surface area (TPSA) is 48.3 Å². The van der Waals surface area contributed by atoms with E-state index < -0.39 is 0 Å². The van der Waals surface area contributed by atoms with Gasteiger partial charge in [-0.1, -0.05) is 18.2 Å². The van der Waals surface area contributed by atoms with E-state index in [1.165, 1.54) is 16.5 Å². The maximum absolute atomic E-state index is 6.61. The fraction of sp³-hybridized carbons (Fsp3) is 0.500. The number of aromatic amines is 1. The molecule has 0 radical (unpaired) electrons. The van der Waals surface area contributed by atoms with Crippen molar-refractivity contribution in [2.45, 2.75) is 19.0 Å². The lowest BCUT2D eigenvalue weighted by Gasteiger charge is -2.43. The lowest BCUT2D eigenvalue weighted by atomic mass is 9.99. The van der Waals surface area contributed by atoms with Crippen molar-refractivity contribution in [1.82, 2.24) is 14.8 Å². The number of rotatable bonds is 3. The average molecular weight is 272 g/mol. The molecule has 20 heavy (non-hydrogen) atoms. The number of nitrogens with two attached hydrogens (primary N) is 1. The van der Waals surface area contributed by atoms with E-state index in [2.05, 4.69) is 59.2 Å². The Morgan fingerprint density at radius 2 is 1.90 bits per heavy atom. The van der Waals surface area contributed by atoms with E-state index in [1.807, 2.05) is 0 Å². The van der Waals surface area contributed by atoms with Gasteiger partial charge in [0, 0.05) is 49.7 Å². The Morgan fingerprint density at radius 1 is 1.20 bits per heavy atom. The van der Waals surface area contributed by atoms with Crippen molar-refractivity contribution in [3.63, 3.8) is 0 Å². The summed E-state index contributed by atoms with van der Waals surface area (Å²) in [4.78, 5) is 8.11. The Balaban J connectivity index is 1.79. The molecule has 1 aromatic carbocycles. The number of nitrogens with zero attached hydrogens (tertiary/aromatic N) is 2. The molecule has 0 amide bonds. The number of benzene rings is 1. The van der Waals surface area contributed by atoms with Crippen LogP contribution >= 0.6 is 0 Å². The molecule has 0 bridgehead atoms. The van der Waals surface area contributed by atoms with Gasteiger partial charge in [-0.2, -0.15) is 0 Å². The fourth-order valence-corrected chi connectivity index (χ4v) is 3.09. The zero-order chi connectivity index (χ0) is 14.2. The van der Waals surface area contributed by atoms with Crippen LogP contribution in [0, 0.1) is 0 Å². The predicted molar refractivity (Wildman–Crippen MR) is 83.7 cm³/mol. The molecule has 1 atom stereocenters. The second-order valence-electron chi connectivity index (χ2n) is 6.18. The van der Waals surface area contributed by atoms with Gasteiger partial charge in [0.05, 0.1) is 5.66 Å². The van der Waals surface area contributed by atoms with Crippen LogP contribution in [0.3, 0.4) is 0 Å². The molecular formula is C16H24N4. The van der Waals surface area contributed by atoms with E-state index in [0.29, 0.717) is 0 Å². The van der Waals surface area contributed by atoms with E-state index >= 15 is 0 Å². The summed E-state index contributed by atoms with van der Waals surface area (Å²) in [6, 6.07) is 8.43.